The number of allylic oxidation sites excluding steroid dienone is 1. The van der Waals surface area contributed by atoms with Gasteiger partial charge in [0.1, 0.15) is 6.10 Å². The molecule has 1 aromatic rings. The number of ether oxygens (including phenoxy) is 1. The lowest BCUT2D eigenvalue weighted by Gasteiger charge is -2.46. The van der Waals surface area contributed by atoms with Gasteiger partial charge in [0.05, 0.1) is 5.92 Å². The van der Waals surface area contributed by atoms with E-state index in [1.54, 1.807) is 5.57 Å². The molecule has 1 heterocycles. The zero-order chi connectivity index (χ0) is 18.3. The molecule has 1 aliphatic heterocycles. The minimum atomic E-state index is -0.0580. The maximum absolute atomic E-state index is 12.6. The summed E-state index contributed by atoms with van der Waals surface area (Å²) >= 11 is 0. The summed E-state index contributed by atoms with van der Waals surface area (Å²) in [7, 11) is 0. The molecule has 3 heteroatoms. The predicted molar refractivity (Wildman–Crippen MR) is 104 cm³/mol. The molecule has 140 valence electrons. The molecule has 2 aliphatic carbocycles. The Morgan fingerprint density at radius 2 is 2.08 bits per heavy atom. The van der Waals surface area contributed by atoms with Crippen LogP contribution >= 0.6 is 0 Å². The maximum Gasteiger partial charge on any atom is 0.311 e. The highest BCUT2D eigenvalue weighted by molar-refractivity contribution is 5.76. The quantitative estimate of drug-likeness (QED) is 0.632. The fourth-order valence-corrected chi connectivity index (χ4v) is 5.45. The molecule has 0 amide bonds. The van der Waals surface area contributed by atoms with Crippen LogP contribution in [0, 0.1) is 23.2 Å². The largest absolute Gasteiger partial charge is 0.461 e. The third-order valence-corrected chi connectivity index (χ3v) is 7.02. The SMILES string of the molecule is C[C@H](NC[C@H]1C(=O)O[C@@H]2C[C@@]3(C)CCC[C@H](C)C3=C[C@@H]21)c1ccccc1. The Bertz CT molecular complexity index is 697. The molecule has 26 heavy (non-hydrogen) atoms. The van der Waals surface area contributed by atoms with E-state index in [1.807, 2.05) is 6.07 Å². The summed E-state index contributed by atoms with van der Waals surface area (Å²) in [4.78, 5) is 12.6. The van der Waals surface area contributed by atoms with Crippen molar-refractivity contribution in [3.63, 3.8) is 0 Å². The Morgan fingerprint density at radius 3 is 2.85 bits per heavy atom. The number of carbonyl (C=O) groups excluding carboxylic acids is 1. The minimum Gasteiger partial charge on any atom is -0.461 e. The van der Waals surface area contributed by atoms with Gasteiger partial charge in [-0.1, -0.05) is 62.2 Å². The molecule has 0 radical (unpaired) electrons. The molecule has 0 spiro atoms. The van der Waals surface area contributed by atoms with Crippen LogP contribution in [-0.4, -0.2) is 18.6 Å². The van der Waals surface area contributed by atoms with Crippen molar-refractivity contribution in [3.05, 3.63) is 47.5 Å². The number of carbonyl (C=O) groups is 1. The van der Waals surface area contributed by atoms with E-state index in [2.05, 4.69) is 56.4 Å². The molecule has 0 unspecified atom stereocenters. The number of rotatable bonds is 4. The first-order valence-electron chi connectivity index (χ1n) is 10.2. The van der Waals surface area contributed by atoms with E-state index in [0.717, 1.165) is 6.42 Å². The Hall–Kier alpha value is -1.61. The second kappa shape index (κ2) is 6.84. The summed E-state index contributed by atoms with van der Waals surface area (Å²) < 4.78 is 5.84. The zero-order valence-corrected chi connectivity index (χ0v) is 16.2. The third-order valence-electron chi connectivity index (χ3n) is 7.02. The maximum atomic E-state index is 12.6. The van der Waals surface area contributed by atoms with Gasteiger partial charge in [0.15, 0.2) is 0 Å². The van der Waals surface area contributed by atoms with Crippen LogP contribution < -0.4 is 5.32 Å². The van der Waals surface area contributed by atoms with Crippen LogP contribution in [0.2, 0.25) is 0 Å². The van der Waals surface area contributed by atoms with Crippen LogP contribution in [-0.2, 0) is 9.53 Å². The van der Waals surface area contributed by atoms with Crippen LogP contribution in [0.25, 0.3) is 0 Å². The van der Waals surface area contributed by atoms with Gasteiger partial charge in [0.25, 0.3) is 0 Å². The van der Waals surface area contributed by atoms with Crippen LogP contribution in [0.1, 0.15) is 58.1 Å². The molecule has 1 saturated carbocycles. The lowest BCUT2D eigenvalue weighted by molar-refractivity contribution is -0.145. The first kappa shape index (κ1) is 17.8. The van der Waals surface area contributed by atoms with Crippen LogP contribution in [0.15, 0.2) is 42.0 Å². The average molecular weight is 354 g/mol. The summed E-state index contributed by atoms with van der Waals surface area (Å²) in [5, 5.41) is 3.57. The second-order valence-corrected chi connectivity index (χ2v) is 8.88. The molecule has 3 aliphatic rings. The molecule has 4 rings (SSSR count). The van der Waals surface area contributed by atoms with Gasteiger partial charge < -0.3 is 10.1 Å². The Kier molecular flexibility index (Phi) is 4.68. The summed E-state index contributed by atoms with van der Waals surface area (Å²) in [6.07, 6.45) is 7.31. The van der Waals surface area contributed by atoms with Crippen molar-refractivity contribution in [2.24, 2.45) is 23.2 Å². The zero-order valence-electron chi connectivity index (χ0n) is 16.2. The van der Waals surface area contributed by atoms with Gasteiger partial charge in [-0.2, -0.15) is 0 Å². The summed E-state index contributed by atoms with van der Waals surface area (Å²) in [6, 6.07) is 10.6. The van der Waals surface area contributed by atoms with Crippen molar-refractivity contribution in [1.29, 1.82) is 0 Å². The summed E-state index contributed by atoms with van der Waals surface area (Å²) in [5.74, 6) is 0.806. The standard InChI is InChI=1S/C23H31NO2/c1-15-8-7-11-23(3)13-21-18(12-20(15)23)19(22(25)26-21)14-24-16(2)17-9-5-4-6-10-17/h4-6,9-10,12,15-16,18-19,21,24H,7-8,11,13-14H2,1-3H3/t15-,16-,18+,19+,21+,23+/m0/s1. The molecule has 0 bridgehead atoms. The molecule has 1 saturated heterocycles. The van der Waals surface area contributed by atoms with Crippen LogP contribution in [0.4, 0.5) is 0 Å². The molecule has 0 aromatic heterocycles. The summed E-state index contributed by atoms with van der Waals surface area (Å²) in [5.41, 5.74) is 3.08. The summed E-state index contributed by atoms with van der Waals surface area (Å²) in [6.45, 7) is 7.57. The number of hydrogen-bond acceptors (Lipinski definition) is 3. The van der Waals surface area contributed by atoms with E-state index in [0.29, 0.717) is 12.5 Å². The van der Waals surface area contributed by atoms with E-state index < -0.39 is 0 Å². The Balaban J connectivity index is 1.50. The van der Waals surface area contributed by atoms with Crippen LogP contribution in [0.3, 0.4) is 0 Å². The Labute approximate surface area is 157 Å². The molecule has 1 N–H and O–H groups in total. The fourth-order valence-electron chi connectivity index (χ4n) is 5.45. The van der Waals surface area contributed by atoms with Crippen molar-refractivity contribution in [2.75, 3.05) is 6.54 Å². The van der Waals surface area contributed by atoms with Crippen molar-refractivity contribution >= 4 is 5.97 Å². The smallest absolute Gasteiger partial charge is 0.311 e. The van der Waals surface area contributed by atoms with Gasteiger partial charge >= 0.3 is 5.97 Å². The molecule has 3 nitrogen and oxygen atoms in total. The van der Waals surface area contributed by atoms with Gasteiger partial charge in [-0.3, -0.25) is 4.79 Å². The first-order valence-corrected chi connectivity index (χ1v) is 10.2. The topological polar surface area (TPSA) is 38.3 Å². The van der Waals surface area contributed by atoms with Gasteiger partial charge in [0, 0.05) is 18.5 Å². The van der Waals surface area contributed by atoms with Crippen LogP contribution in [0.5, 0.6) is 0 Å². The van der Waals surface area contributed by atoms with E-state index >= 15 is 0 Å². The monoisotopic (exact) mass is 353 g/mol. The molecule has 6 atom stereocenters. The molecule has 2 fully saturated rings. The number of benzene rings is 1. The highest BCUT2D eigenvalue weighted by atomic mass is 16.6. The van der Waals surface area contributed by atoms with Gasteiger partial charge in [-0.05, 0) is 43.1 Å². The number of hydrogen-bond donors (Lipinski definition) is 1. The van der Waals surface area contributed by atoms with Crippen molar-refractivity contribution in [3.8, 4) is 0 Å². The van der Waals surface area contributed by atoms with E-state index in [9.17, 15) is 4.79 Å². The van der Waals surface area contributed by atoms with Gasteiger partial charge in [0.2, 0.25) is 0 Å². The second-order valence-electron chi connectivity index (χ2n) is 8.88. The number of nitrogens with one attached hydrogen (secondary N) is 1. The molecule has 1 aromatic carbocycles. The fraction of sp³-hybridized carbons (Fsp3) is 0.609. The molecular weight excluding hydrogens is 322 g/mol. The number of esters is 1. The van der Waals surface area contributed by atoms with Gasteiger partial charge in [-0.25, -0.2) is 0 Å². The highest BCUT2D eigenvalue weighted by Gasteiger charge is 2.51. The van der Waals surface area contributed by atoms with E-state index in [4.69, 9.17) is 4.74 Å². The number of fused-ring (bicyclic) bond motifs is 2. The van der Waals surface area contributed by atoms with E-state index in [1.165, 1.54) is 24.8 Å². The highest BCUT2D eigenvalue weighted by Crippen LogP contribution is 2.53. The van der Waals surface area contributed by atoms with Crippen molar-refractivity contribution < 1.29 is 9.53 Å². The third kappa shape index (κ3) is 3.11. The molecular formula is C23H31NO2. The van der Waals surface area contributed by atoms with Crippen molar-refractivity contribution in [1.82, 2.24) is 5.32 Å². The normalized spacial score (nSPS) is 37.3. The Morgan fingerprint density at radius 1 is 1.31 bits per heavy atom. The predicted octanol–water partition coefficient (Wildman–Crippen LogP) is 4.65. The average Bonchev–Trinajstić information content (AvgIpc) is 2.92. The lowest BCUT2D eigenvalue weighted by Crippen LogP contribution is -2.40. The van der Waals surface area contributed by atoms with Crippen molar-refractivity contribution in [2.45, 2.75) is 58.6 Å². The minimum absolute atomic E-state index is 0.0143. The first-order chi connectivity index (χ1) is 12.5. The van der Waals surface area contributed by atoms with Gasteiger partial charge in [-0.15, -0.1) is 0 Å². The van der Waals surface area contributed by atoms with E-state index in [-0.39, 0.29) is 35.4 Å². The lowest BCUT2D eigenvalue weighted by atomic mass is 9.59.